The largest absolute Gasteiger partial charge is 0.378 e. The first-order chi connectivity index (χ1) is 13.0. The fraction of sp³-hybridized carbons (Fsp3) is 0.389. The molecule has 1 aromatic heterocycles. The topological polar surface area (TPSA) is 79.4 Å². The van der Waals surface area contributed by atoms with Crippen LogP contribution >= 0.6 is 0 Å². The molecule has 0 spiro atoms. The number of ether oxygens (including phenoxy) is 1. The molecule has 2 heterocycles. The van der Waals surface area contributed by atoms with Crippen LogP contribution in [-0.4, -0.2) is 55.3 Å². The molecule has 2 aromatic rings. The maximum Gasteiger partial charge on any atom is 0.251 e. The minimum absolute atomic E-state index is 0.0707. The Morgan fingerprint density at radius 3 is 2.67 bits per heavy atom. The summed E-state index contributed by atoms with van der Waals surface area (Å²) in [5.41, 5.74) is 0.0707. The van der Waals surface area contributed by atoms with Gasteiger partial charge < -0.3 is 20.3 Å². The van der Waals surface area contributed by atoms with E-state index in [9.17, 15) is 13.6 Å². The number of morpholine rings is 1. The van der Waals surface area contributed by atoms with Gasteiger partial charge in [-0.3, -0.25) is 4.79 Å². The van der Waals surface area contributed by atoms with Crippen LogP contribution in [0.15, 0.2) is 24.3 Å². The van der Waals surface area contributed by atoms with Crippen molar-refractivity contribution in [2.45, 2.75) is 6.92 Å². The minimum Gasteiger partial charge on any atom is -0.378 e. The molecule has 1 aliphatic rings. The molecule has 0 aliphatic carbocycles. The first kappa shape index (κ1) is 19.0. The lowest BCUT2D eigenvalue weighted by Crippen LogP contribution is -2.37. The van der Waals surface area contributed by atoms with Gasteiger partial charge in [0.15, 0.2) is 11.6 Å². The number of nitrogens with one attached hydrogen (secondary N) is 2. The lowest BCUT2D eigenvalue weighted by atomic mass is 10.2. The van der Waals surface area contributed by atoms with E-state index in [1.807, 2.05) is 13.0 Å². The van der Waals surface area contributed by atoms with Gasteiger partial charge in [0.25, 0.3) is 5.91 Å². The predicted molar refractivity (Wildman–Crippen MR) is 97.0 cm³/mol. The van der Waals surface area contributed by atoms with Gasteiger partial charge in [0.05, 0.1) is 13.2 Å². The van der Waals surface area contributed by atoms with Gasteiger partial charge in [-0.1, -0.05) is 0 Å². The van der Waals surface area contributed by atoms with E-state index in [1.165, 1.54) is 6.07 Å². The quantitative estimate of drug-likeness (QED) is 0.747. The lowest BCUT2D eigenvalue weighted by molar-refractivity contribution is 0.0954. The number of halogens is 2. The molecule has 0 unspecified atom stereocenters. The van der Waals surface area contributed by atoms with Gasteiger partial charge in [-0.25, -0.2) is 18.7 Å². The molecule has 1 aromatic carbocycles. The molecule has 0 saturated carbocycles. The Morgan fingerprint density at radius 2 is 1.93 bits per heavy atom. The van der Waals surface area contributed by atoms with E-state index in [0.717, 1.165) is 31.0 Å². The van der Waals surface area contributed by atoms with Crippen molar-refractivity contribution in [2.75, 3.05) is 49.6 Å². The summed E-state index contributed by atoms with van der Waals surface area (Å²) in [6.45, 7) is 5.44. The third kappa shape index (κ3) is 5.10. The molecule has 1 fully saturated rings. The average molecular weight is 377 g/mol. The van der Waals surface area contributed by atoms with Gasteiger partial charge in [0, 0.05) is 37.8 Å². The Morgan fingerprint density at radius 1 is 1.15 bits per heavy atom. The van der Waals surface area contributed by atoms with E-state index in [-0.39, 0.29) is 5.56 Å². The maximum atomic E-state index is 13.2. The summed E-state index contributed by atoms with van der Waals surface area (Å²) in [7, 11) is 0. The van der Waals surface area contributed by atoms with E-state index in [2.05, 4.69) is 25.5 Å². The first-order valence-corrected chi connectivity index (χ1v) is 8.68. The van der Waals surface area contributed by atoms with Crippen molar-refractivity contribution in [3.63, 3.8) is 0 Å². The molecule has 1 aliphatic heterocycles. The Bertz CT molecular complexity index is 812. The van der Waals surface area contributed by atoms with E-state index in [0.29, 0.717) is 37.9 Å². The van der Waals surface area contributed by atoms with E-state index < -0.39 is 17.5 Å². The monoisotopic (exact) mass is 377 g/mol. The number of rotatable bonds is 6. The van der Waals surface area contributed by atoms with Crippen LogP contribution in [0.1, 0.15) is 16.2 Å². The van der Waals surface area contributed by atoms with Crippen molar-refractivity contribution >= 4 is 17.5 Å². The first-order valence-electron chi connectivity index (χ1n) is 8.68. The number of carbonyl (C=O) groups excluding carboxylic acids is 1. The second-order valence-electron chi connectivity index (χ2n) is 6.07. The van der Waals surface area contributed by atoms with Crippen LogP contribution in [0.4, 0.5) is 20.4 Å². The molecule has 2 N–H and O–H groups in total. The van der Waals surface area contributed by atoms with E-state index in [4.69, 9.17) is 4.74 Å². The molecular weight excluding hydrogens is 356 g/mol. The molecule has 144 valence electrons. The maximum absolute atomic E-state index is 13.2. The number of anilines is 2. The number of aryl methyl sites for hydroxylation is 1. The molecular formula is C18H21F2N5O2. The zero-order valence-electron chi connectivity index (χ0n) is 15.0. The van der Waals surface area contributed by atoms with Crippen LogP contribution in [-0.2, 0) is 4.74 Å². The minimum atomic E-state index is -1.05. The second kappa shape index (κ2) is 8.72. The Labute approximate surface area is 155 Å². The van der Waals surface area contributed by atoms with Crippen LogP contribution in [0.2, 0.25) is 0 Å². The number of aromatic nitrogens is 2. The number of carbonyl (C=O) groups is 1. The smallest absolute Gasteiger partial charge is 0.251 e. The number of nitrogens with zero attached hydrogens (tertiary/aromatic N) is 3. The van der Waals surface area contributed by atoms with Crippen LogP contribution in [0.25, 0.3) is 0 Å². The van der Waals surface area contributed by atoms with Crippen LogP contribution in [0.5, 0.6) is 0 Å². The molecule has 0 atom stereocenters. The fourth-order valence-corrected chi connectivity index (χ4v) is 2.70. The molecule has 1 saturated heterocycles. The zero-order valence-corrected chi connectivity index (χ0v) is 15.0. The summed E-state index contributed by atoms with van der Waals surface area (Å²) in [5, 5.41) is 5.78. The lowest BCUT2D eigenvalue weighted by Gasteiger charge is -2.28. The van der Waals surface area contributed by atoms with Crippen LogP contribution in [0.3, 0.4) is 0 Å². The van der Waals surface area contributed by atoms with Gasteiger partial charge in [0.1, 0.15) is 17.5 Å². The molecule has 7 nitrogen and oxygen atoms in total. The summed E-state index contributed by atoms with van der Waals surface area (Å²) in [6, 6.07) is 4.90. The van der Waals surface area contributed by atoms with Crippen molar-refractivity contribution < 1.29 is 18.3 Å². The Hall–Kier alpha value is -2.81. The number of amides is 1. The number of hydrogen-bond acceptors (Lipinski definition) is 6. The van der Waals surface area contributed by atoms with Gasteiger partial charge in [-0.2, -0.15) is 0 Å². The highest BCUT2D eigenvalue weighted by Gasteiger charge is 2.14. The molecule has 0 bridgehead atoms. The number of hydrogen-bond donors (Lipinski definition) is 2. The van der Waals surface area contributed by atoms with Gasteiger partial charge >= 0.3 is 0 Å². The third-order valence-corrected chi connectivity index (χ3v) is 4.06. The van der Waals surface area contributed by atoms with Crippen molar-refractivity contribution in [1.29, 1.82) is 0 Å². The summed E-state index contributed by atoms with van der Waals surface area (Å²) in [6.07, 6.45) is 0. The highest BCUT2D eigenvalue weighted by atomic mass is 19.2. The van der Waals surface area contributed by atoms with Crippen LogP contribution in [0, 0.1) is 18.6 Å². The van der Waals surface area contributed by atoms with E-state index in [1.54, 1.807) is 0 Å². The van der Waals surface area contributed by atoms with Crippen molar-refractivity contribution in [3.8, 4) is 0 Å². The Kier molecular flexibility index (Phi) is 6.12. The summed E-state index contributed by atoms with van der Waals surface area (Å²) >= 11 is 0. The summed E-state index contributed by atoms with van der Waals surface area (Å²) in [4.78, 5) is 22.9. The highest BCUT2D eigenvalue weighted by Crippen LogP contribution is 2.17. The molecule has 0 radical (unpaired) electrons. The highest BCUT2D eigenvalue weighted by molar-refractivity contribution is 5.94. The zero-order chi connectivity index (χ0) is 19.2. The average Bonchev–Trinajstić information content (AvgIpc) is 2.67. The van der Waals surface area contributed by atoms with Crippen molar-refractivity contribution in [3.05, 3.63) is 47.3 Å². The molecule has 27 heavy (non-hydrogen) atoms. The van der Waals surface area contributed by atoms with Crippen molar-refractivity contribution in [1.82, 2.24) is 15.3 Å². The summed E-state index contributed by atoms with van der Waals surface area (Å²) < 4.78 is 31.5. The van der Waals surface area contributed by atoms with Crippen LogP contribution < -0.4 is 15.5 Å². The third-order valence-electron chi connectivity index (χ3n) is 4.06. The number of benzene rings is 1. The van der Waals surface area contributed by atoms with Gasteiger partial charge in [0.2, 0.25) is 0 Å². The SMILES string of the molecule is Cc1nc(NCCNC(=O)c2ccc(F)c(F)c2)cc(N2CCOCC2)n1. The predicted octanol–water partition coefficient (Wildman–Crippen LogP) is 1.74. The molecule has 3 rings (SSSR count). The standard InChI is InChI=1S/C18H21F2N5O2/c1-12-23-16(11-17(24-12)25-6-8-27-9-7-25)21-4-5-22-18(26)13-2-3-14(19)15(20)10-13/h2-3,10-11H,4-9H2,1H3,(H,22,26)(H,21,23,24). The van der Waals surface area contributed by atoms with Gasteiger partial charge in [-0.05, 0) is 25.1 Å². The summed E-state index contributed by atoms with van der Waals surface area (Å²) in [5.74, 6) is -0.364. The second-order valence-corrected chi connectivity index (χ2v) is 6.07. The van der Waals surface area contributed by atoms with Crippen molar-refractivity contribution in [2.24, 2.45) is 0 Å². The fourth-order valence-electron chi connectivity index (χ4n) is 2.70. The molecule has 9 heteroatoms. The van der Waals surface area contributed by atoms with Gasteiger partial charge in [-0.15, -0.1) is 0 Å². The normalized spacial score (nSPS) is 14.1. The molecule has 1 amide bonds. The van der Waals surface area contributed by atoms with E-state index >= 15 is 0 Å². The Balaban J connectivity index is 1.51.